The fraction of sp³-hybridized carbons (Fsp3) is 0.600. The zero-order chi connectivity index (χ0) is 11.2. The highest BCUT2D eigenvalue weighted by Gasteiger charge is 2.09. The number of hydrogen-bond acceptors (Lipinski definition) is 5. The van der Waals surface area contributed by atoms with Crippen LogP contribution in [0, 0.1) is 0 Å². The second-order valence-corrected chi connectivity index (χ2v) is 4.63. The van der Waals surface area contributed by atoms with Crippen LogP contribution < -0.4 is 5.56 Å². The molecule has 0 bridgehead atoms. The lowest BCUT2D eigenvalue weighted by Gasteiger charge is -2.26. The zero-order valence-electron chi connectivity index (χ0n) is 9.02. The SMILES string of the molecule is O=c1ccnc(SCCN2CCOCC2)[nH]1. The van der Waals surface area contributed by atoms with Crippen LogP contribution in [-0.4, -0.2) is 53.5 Å². The fourth-order valence-electron chi connectivity index (χ4n) is 1.52. The minimum atomic E-state index is -0.0936. The molecule has 0 aliphatic carbocycles. The van der Waals surface area contributed by atoms with Gasteiger partial charge in [-0.25, -0.2) is 4.98 Å². The van der Waals surface area contributed by atoms with Gasteiger partial charge in [-0.05, 0) is 0 Å². The maximum absolute atomic E-state index is 11.0. The Labute approximate surface area is 98.2 Å². The minimum absolute atomic E-state index is 0.0936. The molecule has 1 N–H and O–H groups in total. The minimum Gasteiger partial charge on any atom is -0.379 e. The molecule has 2 rings (SSSR count). The van der Waals surface area contributed by atoms with Gasteiger partial charge in [0.1, 0.15) is 0 Å². The first-order chi connectivity index (χ1) is 7.84. The van der Waals surface area contributed by atoms with Gasteiger partial charge in [-0.15, -0.1) is 0 Å². The van der Waals surface area contributed by atoms with Crippen molar-refractivity contribution in [2.45, 2.75) is 5.16 Å². The Kier molecular flexibility index (Phi) is 4.38. The van der Waals surface area contributed by atoms with Crippen molar-refractivity contribution in [1.29, 1.82) is 0 Å². The standard InChI is InChI=1S/C10H15N3O2S/c14-9-1-2-11-10(12-9)16-8-5-13-3-6-15-7-4-13/h1-2H,3-8H2,(H,11,12,14). The molecule has 16 heavy (non-hydrogen) atoms. The quantitative estimate of drug-likeness (QED) is 0.602. The molecule has 0 spiro atoms. The molecule has 1 aliphatic heterocycles. The molecule has 0 radical (unpaired) electrons. The molecule has 88 valence electrons. The summed E-state index contributed by atoms with van der Waals surface area (Å²) in [4.78, 5) is 20.2. The molecular weight excluding hydrogens is 226 g/mol. The van der Waals surface area contributed by atoms with Crippen molar-refractivity contribution in [3.63, 3.8) is 0 Å². The Bertz CT molecular complexity index is 376. The first kappa shape index (κ1) is 11.6. The Morgan fingerprint density at radius 3 is 3.06 bits per heavy atom. The average Bonchev–Trinajstić information content (AvgIpc) is 2.30. The zero-order valence-corrected chi connectivity index (χ0v) is 9.83. The van der Waals surface area contributed by atoms with Crippen LogP contribution in [0.4, 0.5) is 0 Å². The number of hydrogen-bond donors (Lipinski definition) is 1. The Balaban J connectivity index is 1.73. The van der Waals surface area contributed by atoms with E-state index in [-0.39, 0.29) is 5.56 Å². The number of aromatic nitrogens is 2. The highest BCUT2D eigenvalue weighted by molar-refractivity contribution is 7.99. The number of morpholine rings is 1. The van der Waals surface area contributed by atoms with E-state index in [1.807, 2.05) is 0 Å². The van der Waals surface area contributed by atoms with Gasteiger partial charge in [0.2, 0.25) is 0 Å². The molecule has 1 aromatic rings. The second-order valence-electron chi connectivity index (χ2n) is 3.54. The predicted molar refractivity (Wildman–Crippen MR) is 62.8 cm³/mol. The van der Waals surface area contributed by atoms with Crippen molar-refractivity contribution < 1.29 is 4.74 Å². The summed E-state index contributed by atoms with van der Waals surface area (Å²) in [7, 11) is 0. The lowest BCUT2D eigenvalue weighted by atomic mass is 10.4. The predicted octanol–water partition coefficient (Wildman–Crippen LogP) is 0.194. The van der Waals surface area contributed by atoms with E-state index >= 15 is 0 Å². The first-order valence-electron chi connectivity index (χ1n) is 5.33. The number of ether oxygens (including phenoxy) is 1. The van der Waals surface area contributed by atoms with Gasteiger partial charge in [-0.3, -0.25) is 9.69 Å². The topological polar surface area (TPSA) is 58.2 Å². The van der Waals surface area contributed by atoms with Gasteiger partial charge in [-0.1, -0.05) is 11.8 Å². The largest absolute Gasteiger partial charge is 0.379 e. The normalized spacial score (nSPS) is 17.5. The number of H-pyrrole nitrogens is 1. The van der Waals surface area contributed by atoms with Gasteiger partial charge < -0.3 is 9.72 Å². The molecular formula is C10H15N3O2S. The molecule has 0 amide bonds. The number of nitrogens with one attached hydrogen (secondary N) is 1. The molecule has 6 heteroatoms. The van der Waals surface area contributed by atoms with Crippen LogP contribution in [0.1, 0.15) is 0 Å². The second kappa shape index (κ2) is 6.03. The third kappa shape index (κ3) is 3.62. The molecule has 0 aromatic carbocycles. The van der Waals surface area contributed by atoms with Crippen LogP contribution in [0.5, 0.6) is 0 Å². The lowest BCUT2D eigenvalue weighted by molar-refractivity contribution is 0.0410. The highest BCUT2D eigenvalue weighted by Crippen LogP contribution is 2.10. The molecule has 2 heterocycles. The summed E-state index contributed by atoms with van der Waals surface area (Å²) in [5.74, 6) is 0.937. The first-order valence-corrected chi connectivity index (χ1v) is 6.31. The molecule has 1 saturated heterocycles. The van der Waals surface area contributed by atoms with E-state index in [0.717, 1.165) is 38.6 Å². The molecule has 1 fully saturated rings. The Morgan fingerprint density at radius 2 is 2.31 bits per heavy atom. The van der Waals surface area contributed by atoms with Gasteiger partial charge in [0.15, 0.2) is 5.16 Å². The smallest absolute Gasteiger partial charge is 0.251 e. The summed E-state index contributed by atoms with van der Waals surface area (Å²) in [6.07, 6.45) is 1.54. The van der Waals surface area contributed by atoms with Crippen molar-refractivity contribution in [3.05, 3.63) is 22.6 Å². The van der Waals surface area contributed by atoms with Crippen LogP contribution >= 0.6 is 11.8 Å². The Morgan fingerprint density at radius 1 is 1.50 bits per heavy atom. The summed E-state index contributed by atoms with van der Waals surface area (Å²) in [5, 5.41) is 0.695. The summed E-state index contributed by atoms with van der Waals surface area (Å²) < 4.78 is 5.27. The lowest BCUT2D eigenvalue weighted by Crippen LogP contribution is -2.37. The molecule has 0 unspecified atom stereocenters. The summed E-state index contributed by atoms with van der Waals surface area (Å²) in [6.45, 7) is 4.65. The maximum atomic E-state index is 11.0. The summed E-state index contributed by atoms with van der Waals surface area (Å²) in [5.41, 5.74) is -0.0936. The van der Waals surface area contributed by atoms with Crippen LogP contribution in [0.25, 0.3) is 0 Å². The van der Waals surface area contributed by atoms with Crippen LogP contribution in [0.15, 0.2) is 22.2 Å². The third-order valence-electron chi connectivity index (χ3n) is 2.40. The van der Waals surface area contributed by atoms with Crippen molar-refractivity contribution >= 4 is 11.8 Å². The van der Waals surface area contributed by atoms with Crippen molar-refractivity contribution in [1.82, 2.24) is 14.9 Å². The Hall–Kier alpha value is -0.850. The maximum Gasteiger partial charge on any atom is 0.251 e. The molecule has 1 aromatic heterocycles. The molecule has 0 saturated carbocycles. The molecule has 5 nitrogen and oxygen atoms in total. The van der Waals surface area contributed by atoms with E-state index in [4.69, 9.17) is 4.74 Å². The van der Waals surface area contributed by atoms with Crippen LogP contribution in [0.2, 0.25) is 0 Å². The third-order valence-corrected chi connectivity index (χ3v) is 3.27. The van der Waals surface area contributed by atoms with E-state index in [9.17, 15) is 4.79 Å². The number of nitrogens with zero attached hydrogens (tertiary/aromatic N) is 2. The van der Waals surface area contributed by atoms with E-state index < -0.39 is 0 Å². The fourth-order valence-corrected chi connectivity index (χ4v) is 2.37. The van der Waals surface area contributed by atoms with Crippen LogP contribution in [0.3, 0.4) is 0 Å². The summed E-state index contributed by atoms with van der Waals surface area (Å²) >= 11 is 1.58. The van der Waals surface area contributed by atoms with Gasteiger partial charge >= 0.3 is 0 Å². The van der Waals surface area contributed by atoms with E-state index in [1.165, 1.54) is 12.3 Å². The molecule has 1 aliphatic rings. The van der Waals surface area contributed by atoms with E-state index in [0.29, 0.717) is 5.16 Å². The average molecular weight is 241 g/mol. The monoisotopic (exact) mass is 241 g/mol. The van der Waals surface area contributed by atoms with Crippen molar-refractivity contribution in [3.8, 4) is 0 Å². The van der Waals surface area contributed by atoms with Gasteiger partial charge in [-0.2, -0.15) is 0 Å². The van der Waals surface area contributed by atoms with E-state index in [1.54, 1.807) is 11.8 Å². The van der Waals surface area contributed by atoms with Crippen molar-refractivity contribution in [2.75, 3.05) is 38.6 Å². The van der Waals surface area contributed by atoms with E-state index in [2.05, 4.69) is 14.9 Å². The number of aromatic amines is 1. The highest BCUT2D eigenvalue weighted by atomic mass is 32.2. The van der Waals surface area contributed by atoms with Gasteiger partial charge in [0, 0.05) is 37.7 Å². The van der Waals surface area contributed by atoms with Crippen LogP contribution in [-0.2, 0) is 4.74 Å². The molecule has 0 atom stereocenters. The van der Waals surface area contributed by atoms with Crippen molar-refractivity contribution in [2.24, 2.45) is 0 Å². The summed E-state index contributed by atoms with van der Waals surface area (Å²) in [6, 6.07) is 1.42. The number of rotatable bonds is 4. The van der Waals surface area contributed by atoms with Gasteiger partial charge in [0.25, 0.3) is 5.56 Å². The van der Waals surface area contributed by atoms with Gasteiger partial charge in [0.05, 0.1) is 13.2 Å². The number of thioether (sulfide) groups is 1.